The Morgan fingerprint density at radius 1 is 1.32 bits per heavy atom. The van der Waals surface area contributed by atoms with Gasteiger partial charge in [-0.2, -0.15) is 5.10 Å². The summed E-state index contributed by atoms with van der Waals surface area (Å²) in [6.07, 6.45) is 2.26. The number of hydrazone groups is 1. The monoisotopic (exact) mass is 299 g/mol. The molecule has 2 heterocycles. The van der Waals surface area contributed by atoms with Gasteiger partial charge in [-0.15, -0.1) is 0 Å². The number of phenols is 1. The average molecular weight is 299 g/mol. The lowest BCUT2D eigenvalue weighted by Crippen LogP contribution is -2.25. The lowest BCUT2D eigenvalue weighted by molar-refractivity contribution is -0.121. The summed E-state index contributed by atoms with van der Waals surface area (Å²) < 4.78 is 4.98. The van der Waals surface area contributed by atoms with E-state index in [1.54, 1.807) is 18.2 Å². The van der Waals surface area contributed by atoms with Gasteiger partial charge in [-0.05, 0) is 24.3 Å². The van der Waals surface area contributed by atoms with Crippen LogP contribution in [-0.4, -0.2) is 22.6 Å². The van der Waals surface area contributed by atoms with Crippen molar-refractivity contribution in [3.8, 4) is 5.75 Å². The zero-order chi connectivity index (χ0) is 15.5. The zero-order valence-corrected chi connectivity index (χ0v) is 11.5. The van der Waals surface area contributed by atoms with Crippen molar-refractivity contribution in [2.24, 2.45) is 5.10 Å². The van der Waals surface area contributed by atoms with Crippen LogP contribution in [0.25, 0.3) is 0 Å². The van der Waals surface area contributed by atoms with Gasteiger partial charge in [-0.3, -0.25) is 9.59 Å². The standard InChI is InChI=1S/C15H13N3O4/c19-12-8-9(10-5-6-14(20)18-17-10)3-4-11(12)16-15(21)13-2-1-7-22-13/h1-4,7-8,19H,5-6H2,(H,16,21)(H,18,20). The van der Waals surface area contributed by atoms with E-state index < -0.39 is 5.91 Å². The van der Waals surface area contributed by atoms with E-state index in [1.165, 1.54) is 18.4 Å². The molecule has 0 aliphatic carbocycles. The van der Waals surface area contributed by atoms with Crippen molar-refractivity contribution in [2.75, 3.05) is 5.32 Å². The second kappa shape index (κ2) is 5.72. The first-order chi connectivity index (χ1) is 10.6. The van der Waals surface area contributed by atoms with Crippen molar-refractivity contribution in [3.05, 3.63) is 47.9 Å². The number of nitrogens with one attached hydrogen (secondary N) is 2. The van der Waals surface area contributed by atoms with E-state index in [2.05, 4.69) is 15.8 Å². The first-order valence-electron chi connectivity index (χ1n) is 6.67. The Morgan fingerprint density at radius 3 is 2.82 bits per heavy atom. The Balaban J connectivity index is 1.78. The van der Waals surface area contributed by atoms with Gasteiger partial charge in [0.15, 0.2) is 5.76 Å². The molecule has 7 heteroatoms. The van der Waals surface area contributed by atoms with Gasteiger partial charge in [0.05, 0.1) is 17.7 Å². The molecule has 1 aromatic heterocycles. The normalized spacial score (nSPS) is 14.2. The van der Waals surface area contributed by atoms with Gasteiger partial charge in [-0.25, -0.2) is 5.43 Å². The molecule has 112 valence electrons. The number of amides is 2. The number of nitrogens with zero attached hydrogens (tertiary/aromatic N) is 1. The molecule has 0 saturated carbocycles. The number of anilines is 1. The van der Waals surface area contributed by atoms with E-state index in [1.807, 2.05) is 0 Å². The summed E-state index contributed by atoms with van der Waals surface area (Å²) in [6, 6.07) is 7.92. The van der Waals surface area contributed by atoms with E-state index in [0.29, 0.717) is 24.1 Å². The number of aromatic hydroxyl groups is 1. The predicted molar refractivity (Wildman–Crippen MR) is 78.7 cm³/mol. The van der Waals surface area contributed by atoms with Crippen LogP contribution < -0.4 is 10.7 Å². The number of furan rings is 1. The molecule has 3 N–H and O–H groups in total. The quantitative estimate of drug-likeness (QED) is 0.752. The molecule has 7 nitrogen and oxygen atoms in total. The fourth-order valence-electron chi connectivity index (χ4n) is 2.09. The van der Waals surface area contributed by atoms with Gasteiger partial charge in [0, 0.05) is 18.4 Å². The highest BCUT2D eigenvalue weighted by Crippen LogP contribution is 2.26. The number of hydrogen-bond acceptors (Lipinski definition) is 5. The Hall–Kier alpha value is -3.09. The van der Waals surface area contributed by atoms with Gasteiger partial charge in [0.1, 0.15) is 5.75 Å². The highest BCUT2D eigenvalue weighted by molar-refractivity contribution is 6.06. The number of rotatable bonds is 3. The predicted octanol–water partition coefficient (Wildman–Crippen LogP) is 1.85. The SMILES string of the molecule is O=C1CCC(c2ccc(NC(=O)c3ccco3)c(O)c2)=NN1. The molecule has 1 aliphatic rings. The molecule has 0 atom stereocenters. The lowest BCUT2D eigenvalue weighted by Gasteiger charge is -2.13. The molecule has 0 unspecified atom stereocenters. The summed E-state index contributed by atoms with van der Waals surface area (Å²) in [7, 11) is 0. The largest absolute Gasteiger partial charge is 0.506 e. The summed E-state index contributed by atoms with van der Waals surface area (Å²) in [6.45, 7) is 0. The number of hydrogen-bond donors (Lipinski definition) is 3. The smallest absolute Gasteiger partial charge is 0.291 e. The maximum absolute atomic E-state index is 11.9. The third kappa shape index (κ3) is 2.83. The molecular weight excluding hydrogens is 286 g/mol. The second-order valence-corrected chi connectivity index (χ2v) is 4.76. The van der Waals surface area contributed by atoms with Crippen molar-refractivity contribution < 1.29 is 19.1 Å². The molecule has 0 bridgehead atoms. The molecule has 2 aromatic rings. The molecule has 22 heavy (non-hydrogen) atoms. The van der Waals surface area contributed by atoms with E-state index in [4.69, 9.17) is 4.42 Å². The van der Waals surface area contributed by atoms with Gasteiger partial charge >= 0.3 is 0 Å². The molecule has 2 amide bonds. The van der Waals surface area contributed by atoms with Gasteiger partial charge < -0.3 is 14.8 Å². The lowest BCUT2D eigenvalue weighted by atomic mass is 10.0. The Morgan fingerprint density at radius 2 is 2.18 bits per heavy atom. The van der Waals surface area contributed by atoms with Crippen LogP contribution in [0.3, 0.4) is 0 Å². The van der Waals surface area contributed by atoms with Crippen molar-refractivity contribution in [1.82, 2.24) is 5.43 Å². The Labute approximate surface area is 125 Å². The fraction of sp³-hybridized carbons (Fsp3) is 0.133. The summed E-state index contributed by atoms with van der Waals surface area (Å²) in [4.78, 5) is 22.9. The first-order valence-corrected chi connectivity index (χ1v) is 6.67. The van der Waals surface area contributed by atoms with E-state index in [0.717, 1.165) is 0 Å². The molecule has 1 aromatic carbocycles. The summed E-state index contributed by atoms with van der Waals surface area (Å²) in [5.41, 5.74) is 4.04. The fourth-order valence-corrected chi connectivity index (χ4v) is 2.09. The minimum Gasteiger partial charge on any atom is -0.506 e. The van der Waals surface area contributed by atoms with Crippen LogP contribution in [0.2, 0.25) is 0 Å². The zero-order valence-electron chi connectivity index (χ0n) is 11.5. The summed E-state index contributed by atoms with van der Waals surface area (Å²) in [5, 5.41) is 16.5. The maximum Gasteiger partial charge on any atom is 0.291 e. The van der Waals surface area contributed by atoms with Crippen LogP contribution in [0.4, 0.5) is 5.69 Å². The Kier molecular flexibility index (Phi) is 3.61. The van der Waals surface area contributed by atoms with Crippen molar-refractivity contribution in [2.45, 2.75) is 12.8 Å². The number of carbonyl (C=O) groups excluding carboxylic acids is 2. The first kappa shape index (κ1) is 13.9. The van der Waals surface area contributed by atoms with Gasteiger partial charge in [-0.1, -0.05) is 6.07 Å². The van der Waals surface area contributed by atoms with Crippen LogP contribution in [-0.2, 0) is 4.79 Å². The number of carbonyl (C=O) groups is 2. The molecular formula is C15H13N3O4. The number of benzene rings is 1. The third-order valence-electron chi connectivity index (χ3n) is 3.23. The molecule has 0 radical (unpaired) electrons. The molecule has 0 fully saturated rings. The van der Waals surface area contributed by atoms with Crippen molar-refractivity contribution >= 4 is 23.2 Å². The topological polar surface area (TPSA) is 104 Å². The van der Waals surface area contributed by atoms with Gasteiger partial charge in [0.25, 0.3) is 5.91 Å². The highest BCUT2D eigenvalue weighted by atomic mass is 16.3. The van der Waals surface area contributed by atoms with Crippen LogP contribution in [0.5, 0.6) is 5.75 Å². The molecule has 0 spiro atoms. The van der Waals surface area contributed by atoms with Crippen LogP contribution >= 0.6 is 0 Å². The molecule has 0 saturated heterocycles. The Bertz CT molecular complexity index is 750. The second-order valence-electron chi connectivity index (χ2n) is 4.76. The van der Waals surface area contributed by atoms with Crippen molar-refractivity contribution in [3.63, 3.8) is 0 Å². The summed E-state index contributed by atoms with van der Waals surface area (Å²) in [5.74, 6) is -0.509. The molecule has 1 aliphatic heterocycles. The minimum absolute atomic E-state index is 0.0861. The number of phenolic OH excluding ortho intramolecular Hbond substituents is 1. The highest BCUT2D eigenvalue weighted by Gasteiger charge is 2.16. The van der Waals surface area contributed by atoms with Crippen LogP contribution in [0.1, 0.15) is 29.0 Å². The summed E-state index contributed by atoms with van der Waals surface area (Å²) >= 11 is 0. The molecule has 3 rings (SSSR count). The van der Waals surface area contributed by atoms with E-state index in [9.17, 15) is 14.7 Å². The third-order valence-corrected chi connectivity index (χ3v) is 3.23. The van der Waals surface area contributed by atoms with Crippen LogP contribution in [0.15, 0.2) is 46.1 Å². The average Bonchev–Trinajstić information content (AvgIpc) is 3.04. The maximum atomic E-state index is 11.9. The minimum atomic E-state index is -0.449. The van der Waals surface area contributed by atoms with Crippen LogP contribution in [0, 0.1) is 0 Å². The van der Waals surface area contributed by atoms with E-state index >= 15 is 0 Å². The van der Waals surface area contributed by atoms with E-state index in [-0.39, 0.29) is 23.1 Å². The van der Waals surface area contributed by atoms with Gasteiger partial charge in [0.2, 0.25) is 5.91 Å². The van der Waals surface area contributed by atoms with Crippen molar-refractivity contribution in [1.29, 1.82) is 0 Å².